The zero-order chi connectivity index (χ0) is 32.5. The van der Waals surface area contributed by atoms with Crippen molar-refractivity contribution in [1.29, 1.82) is 0 Å². The summed E-state index contributed by atoms with van der Waals surface area (Å²) in [6.45, 7) is 4.94. The molecule has 5 atom stereocenters. The number of halogens is 1. The zero-order valence-electron chi connectivity index (χ0n) is 26.5. The number of anilines is 1. The number of hydrogen-bond acceptors (Lipinski definition) is 7. The number of nitrogens with zero attached hydrogens (tertiary/aromatic N) is 2. The molecule has 2 bridgehead atoms. The Morgan fingerprint density at radius 3 is 2.80 bits per heavy atom. The van der Waals surface area contributed by atoms with Gasteiger partial charge in [0.1, 0.15) is 21.8 Å². The highest BCUT2D eigenvalue weighted by atomic mass is 35.5. The van der Waals surface area contributed by atoms with Crippen LogP contribution < -0.4 is 14.4 Å². The van der Waals surface area contributed by atoms with E-state index < -0.39 is 21.7 Å². The normalized spacial score (nSPS) is 29.9. The lowest BCUT2D eigenvalue weighted by atomic mass is 9.68. The van der Waals surface area contributed by atoms with Crippen molar-refractivity contribution in [2.75, 3.05) is 30.3 Å². The maximum atomic E-state index is 13.8. The van der Waals surface area contributed by atoms with Crippen molar-refractivity contribution in [3.8, 4) is 5.75 Å². The molecular formula is C35H42ClN3O6S. The van der Waals surface area contributed by atoms with Gasteiger partial charge in [0.05, 0.1) is 18.0 Å². The summed E-state index contributed by atoms with van der Waals surface area (Å²) >= 11 is 6.42. The maximum Gasteiger partial charge on any atom is 0.303 e. The molecule has 1 fully saturated rings. The molecule has 1 N–H and O–H groups in total. The number of allylic oxidation sites excluding steroid dienone is 1. The zero-order valence-corrected chi connectivity index (χ0v) is 28.0. The molecule has 46 heavy (non-hydrogen) atoms. The van der Waals surface area contributed by atoms with Crippen molar-refractivity contribution in [2.45, 2.75) is 76.7 Å². The largest absolute Gasteiger partial charge is 0.490 e. The quantitative estimate of drug-likeness (QED) is 0.308. The second kappa shape index (κ2) is 13.4. The fourth-order valence-electron chi connectivity index (χ4n) is 7.43. The maximum absolute atomic E-state index is 13.8. The first-order valence-corrected chi connectivity index (χ1v) is 18.4. The van der Waals surface area contributed by atoms with Crippen LogP contribution in [-0.4, -0.2) is 53.5 Å². The lowest BCUT2D eigenvalue weighted by Gasteiger charge is -2.45. The van der Waals surface area contributed by atoms with E-state index >= 15 is 0 Å². The standard InChI is InChI=1S/C35H42ClN3O6S/c1-3-33(41)37-46(43)17-6-4-5-9-31(45-23(2)40)28-13-10-26(28)20-39-21-35(16-7-8-24-18-27(36)12-14-29(24)35)22-44-32-15-11-25(19-30(32)39)34(42)38-46/h5,9,11-12,14-15,18-19,26,28,31H,3-4,6-8,10,13,16-17,20-22H2,1-2H3,(H,37,38,41,42,43)/b9-5+/t26-,28+,31-,35-,46?/m0/s1. The van der Waals surface area contributed by atoms with Gasteiger partial charge in [-0.1, -0.05) is 30.7 Å². The number of fused-ring (bicyclic) bond motifs is 4. The molecule has 2 aliphatic heterocycles. The Kier molecular flexibility index (Phi) is 9.48. The highest BCUT2D eigenvalue weighted by molar-refractivity contribution is 7.92. The second-order valence-corrected chi connectivity index (χ2v) is 15.6. The average Bonchev–Trinajstić information content (AvgIpc) is 3.15. The Balaban J connectivity index is 1.44. The fraction of sp³-hybridized carbons (Fsp3) is 0.514. The molecule has 246 valence electrons. The molecule has 2 amide bonds. The lowest BCUT2D eigenvalue weighted by molar-refractivity contribution is -0.149. The second-order valence-electron chi connectivity index (χ2n) is 13.1. The number of carbonyl (C=O) groups excluding carboxylic acids is 3. The predicted molar refractivity (Wildman–Crippen MR) is 179 cm³/mol. The van der Waals surface area contributed by atoms with Crippen LogP contribution in [0.3, 0.4) is 0 Å². The van der Waals surface area contributed by atoms with E-state index in [-0.39, 0.29) is 47.1 Å². The van der Waals surface area contributed by atoms with Crippen LogP contribution in [0.5, 0.6) is 5.75 Å². The molecule has 9 nitrogen and oxygen atoms in total. The van der Waals surface area contributed by atoms with Crippen LogP contribution in [-0.2, 0) is 36.1 Å². The summed E-state index contributed by atoms with van der Waals surface area (Å²) in [6.07, 6.45) is 9.43. The number of carbonyl (C=O) groups is 3. The third-order valence-corrected chi connectivity index (χ3v) is 12.0. The minimum Gasteiger partial charge on any atom is -0.490 e. The van der Waals surface area contributed by atoms with Crippen molar-refractivity contribution >= 4 is 45.0 Å². The molecule has 0 radical (unpaired) electrons. The van der Waals surface area contributed by atoms with Crippen molar-refractivity contribution in [3.63, 3.8) is 0 Å². The fourth-order valence-corrected chi connectivity index (χ4v) is 9.29. The van der Waals surface area contributed by atoms with Gasteiger partial charge in [-0.15, -0.1) is 4.36 Å². The topological polar surface area (TPSA) is 114 Å². The van der Waals surface area contributed by atoms with Gasteiger partial charge in [-0.25, -0.2) is 4.21 Å². The van der Waals surface area contributed by atoms with Crippen molar-refractivity contribution in [2.24, 2.45) is 16.2 Å². The Hall–Kier alpha value is -3.37. The number of nitrogens with one attached hydrogen (secondary N) is 1. The van der Waals surface area contributed by atoms with Crippen molar-refractivity contribution in [3.05, 3.63) is 70.3 Å². The van der Waals surface area contributed by atoms with Gasteiger partial charge in [-0.2, -0.15) is 0 Å². The number of rotatable bonds is 3. The molecule has 0 aromatic heterocycles. The van der Waals surface area contributed by atoms with Crippen LogP contribution in [0.15, 0.2) is 52.9 Å². The van der Waals surface area contributed by atoms with E-state index in [1.165, 1.54) is 18.1 Å². The molecule has 1 spiro atoms. The predicted octanol–water partition coefficient (Wildman–Crippen LogP) is 6.17. The molecule has 0 saturated heterocycles. The first-order chi connectivity index (χ1) is 22.1. The van der Waals surface area contributed by atoms with E-state index in [9.17, 15) is 18.6 Å². The minimum atomic E-state index is -3.37. The van der Waals surface area contributed by atoms with E-state index in [0.717, 1.165) is 42.8 Å². The molecule has 4 aliphatic rings. The van der Waals surface area contributed by atoms with Gasteiger partial charge in [0, 0.05) is 48.4 Å². The number of amides is 2. The molecule has 1 unspecified atom stereocenters. The van der Waals surface area contributed by atoms with Gasteiger partial charge in [-0.05, 0) is 98.4 Å². The number of hydrogen-bond donors (Lipinski definition) is 1. The molecule has 2 aromatic rings. The van der Waals surface area contributed by atoms with Gasteiger partial charge in [-0.3, -0.25) is 19.1 Å². The van der Waals surface area contributed by atoms with Gasteiger partial charge in [0.15, 0.2) is 0 Å². The summed E-state index contributed by atoms with van der Waals surface area (Å²) in [4.78, 5) is 40.4. The van der Waals surface area contributed by atoms with Gasteiger partial charge >= 0.3 is 5.97 Å². The average molecular weight is 668 g/mol. The van der Waals surface area contributed by atoms with E-state index in [1.807, 2.05) is 18.2 Å². The van der Waals surface area contributed by atoms with E-state index in [1.54, 1.807) is 25.1 Å². The highest BCUT2D eigenvalue weighted by Crippen LogP contribution is 2.47. The van der Waals surface area contributed by atoms with Crippen LogP contribution in [0.4, 0.5) is 5.69 Å². The third-order valence-electron chi connectivity index (χ3n) is 9.88. The molecule has 2 aliphatic carbocycles. The number of benzene rings is 2. The molecule has 6 rings (SSSR count). The van der Waals surface area contributed by atoms with E-state index in [0.29, 0.717) is 38.3 Å². The summed E-state index contributed by atoms with van der Waals surface area (Å²) in [5.74, 6) is -0.314. The van der Waals surface area contributed by atoms with E-state index in [4.69, 9.17) is 21.1 Å². The molecule has 2 aromatic carbocycles. The summed E-state index contributed by atoms with van der Waals surface area (Å²) in [5, 5.41) is 0.721. The first kappa shape index (κ1) is 32.6. The van der Waals surface area contributed by atoms with Gasteiger partial charge < -0.3 is 14.4 Å². The summed E-state index contributed by atoms with van der Waals surface area (Å²) in [7, 11) is -3.37. The lowest BCUT2D eigenvalue weighted by Crippen LogP contribution is -2.49. The molecule has 2 heterocycles. The van der Waals surface area contributed by atoms with Crippen LogP contribution in [0, 0.1) is 11.8 Å². The minimum absolute atomic E-state index is 0.0191. The molecule has 11 heteroatoms. The van der Waals surface area contributed by atoms with Crippen LogP contribution in [0.2, 0.25) is 5.02 Å². The van der Waals surface area contributed by atoms with Crippen molar-refractivity contribution in [1.82, 2.24) is 4.72 Å². The van der Waals surface area contributed by atoms with Gasteiger partial charge in [0.25, 0.3) is 5.91 Å². The van der Waals surface area contributed by atoms with Crippen LogP contribution in [0.1, 0.15) is 80.3 Å². The molecule has 1 saturated carbocycles. The Bertz CT molecular complexity index is 1680. The first-order valence-electron chi connectivity index (χ1n) is 16.3. The third kappa shape index (κ3) is 6.83. The van der Waals surface area contributed by atoms with Gasteiger partial charge in [0.2, 0.25) is 5.91 Å². The number of esters is 1. The summed E-state index contributed by atoms with van der Waals surface area (Å²) in [5.41, 5.74) is 3.25. The SMILES string of the molecule is CCC(=O)NS1(=O)=NC(=O)c2ccc3c(c2)N(C[C@@H]2CC[C@H]2[C@@H](OC(C)=O)/C=C/CCC1)C[C@@]1(CCCc2cc(Cl)ccc21)CO3. The van der Waals surface area contributed by atoms with Crippen LogP contribution >= 0.6 is 11.6 Å². The Morgan fingerprint density at radius 2 is 2.04 bits per heavy atom. The van der Waals surface area contributed by atoms with E-state index in [2.05, 4.69) is 26.1 Å². The monoisotopic (exact) mass is 667 g/mol. The summed E-state index contributed by atoms with van der Waals surface area (Å²) < 4.78 is 32.9. The molecular weight excluding hydrogens is 626 g/mol. The highest BCUT2D eigenvalue weighted by Gasteiger charge is 2.44. The Morgan fingerprint density at radius 1 is 1.20 bits per heavy atom. The summed E-state index contributed by atoms with van der Waals surface area (Å²) in [6, 6.07) is 11.4. The van der Waals surface area contributed by atoms with Crippen LogP contribution in [0.25, 0.3) is 0 Å². The Labute approximate surface area is 276 Å². The van der Waals surface area contributed by atoms with Crippen molar-refractivity contribution < 1.29 is 28.1 Å². The number of ether oxygens (including phenoxy) is 2. The smallest absolute Gasteiger partial charge is 0.303 e. The number of aryl methyl sites for hydroxylation is 1.